The summed E-state index contributed by atoms with van der Waals surface area (Å²) >= 11 is 0. The quantitative estimate of drug-likeness (QED) is 0.728. The van der Waals surface area contributed by atoms with Crippen LogP contribution in [0.25, 0.3) is 10.9 Å². The van der Waals surface area contributed by atoms with Crippen LogP contribution in [-0.2, 0) is 6.54 Å². The van der Waals surface area contributed by atoms with E-state index in [1.165, 1.54) is 0 Å². The Morgan fingerprint density at radius 3 is 2.57 bits per heavy atom. The van der Waals surface area contributed by atoms with Crippen molar-refractivity contribution < 1.29 is 13.2 Å². The normalized spacial score (nSPS) is 10.8. The molecule has 0 fully saturated rings. The Labute approximate surface area is 119 Å². The van der Waals surface area contributed by atoms with Crippen molar-refractivity contribution in [2.75, 3.05) is 5.32 Å². The summed E-state index contributed by atoms with van der Waals surface area (Å²) in [7, 11) is 0. The monoisotopic (exact) mass is 288 g/mol. The van der Waals surface area contributed by atoms with E-state index in [-0.39, 0.29) is 12.1 Å². The first-order valence-corrected chi connectivity index (χ1v) is 6.35. The van der Waals surface area contributed by atoms with E-state index in [1.807, 2.05) is 24.3 Å². The molecule has 0 amide bonds. The minimum atomic E-state index is -1.19. The Kier molecular flexibility index (Phi) is 3.48. The maximum atomic E-state index is 13.5. The van der Waals surface area contributed by atoms with Crippen molar-refractivity contribution in [1.82, 2.24) is 4.98 Å². The molecule has 1 N–H and O–H groups in total. The van der Waals surface area contributed by atoms with Crippen LogP contribution in [0.2, 0.25) is 0 Å². The second-order valence-corrected chi connectivity index (χ2v) is 4.62. The summed E-state index contributed by atoms with van der Waals surface area (Å²) in [6.45, 7) is 0.0643. The third-order valence-electron chi connectivity index (χ3n) is 3.18. The number of aromatic nitrogens is 1. The summed E-state index contributed by atoms with van der Waals surface area (Å²) in [5.74, 6) is -3.02. The van der Waals surface area contributed by atoms with Crippen LogP contribution in [0.5, 0.6) is 0 Å². The van der Waals surface area contributed by atoms with Crippen LogP contribution in [0.1, 0.15) is 5.56 Å². The molecule has 3 rings (SSSR count). The van der Waals surface area contributed by atoms with Gasteiger partial charge in [0.1, 0.15) is 5.82 Å². The molecule has 5 heteroatoms. The fourth-order valence-electron chi connectivity index (χ4n) is 2.08. The number of hydrogen-bond acceptors (Lipinski definition) is 2. The van der Waals surface area contributed by atoms with E-state index >= 15 is 0 Å². The van der Waals surface area contributed by atoms with Gasteiger partial charge < -0.3 is 5.32 Å². The molecule has 0 aliphatic rings. The van der Waals surface area contributed by atoms with Crippen molar-refractivity contribution in [1.29, 1.82) is 0 Å². The van der Waals surface area contributed by atoms with E-state index in [0.29, 0.717) is 6.07 Å². The van der Waals surface area contributed by atoms with Crippen LogP contribution >= 0.6 is 0 Å². The molecule has 21 heavy (non-hydrogen) atoms. The minimum absolute atomic E-state index is 0.0643. The molecule has 106 valence electrons. The first-order chi connectivity index (χ1) is 10.1. The van der Waals surface area contributed by atoms with Crippen molar-refractivity contribution in [2.45, 2.75) is 6.54 Å². The number of hydrogen-bond donors (Lipinski definition) is 1. The van der Waals surface area contributed by atoms with Gasteiger partial charge in [0.2, 0.25) is 0 Å². The van der Waals surface area contributed by atoms with E-state index in [1.54, 1.807) is 12.3 Å². The molecule has 0 unspecified atom stereocenters. The summed E-state index contributed by atoms with van der Waals surface area (Å²) in [4.78, 5) is 4.20. The zero-order chi connectivity index (χ0) is 14.8. The lowest BCUT2D eigenvalue weighted by Gasteiger charge is -2.09. The van der Waals surface area contributed by atoms with Crippen LogP contribution in [0.4, 0.5) is 18.9 Å². The van der Waals surface area contributed by atoms with Gasteiger partial charge in [0.05, 0.1) is 5.52 Å². The van der Waals surface area contributed by atoms with Gasteiger partial charge in [0, 0.05) is 35.4 Å². The van der Waals surface area contributed by atoms with Gasteiger partial charge in [-0.25, -0.2) is 13.2 Å². The number of nitrogens with one attached hydrogen (secondary N) is 1. The van der Waals surface area contributed by atoms with Crippen molar-refractivity contribution in [3.63, 3.8) is 0 Å². The molecule has 2 aromatic carbocycles. The van der Waals surface area contributed by atoms with Crippen molar-refractivity contribution >= 4 is 16.6 Å². The van der Waals surface area contributed by atoms with Gasteiger partial charge >= 0.3 is 0 Å². The molecule has 0 saturated carbocycles. The van der Waals surface area contributed by atoms with Crippen molar-refractivity contribution in [3.8, 4) is 0 Å². The third kappa shape index (κ3) is 2.81. The molecule has 0 bridgehead atoms. The van der Waals surface area contributed by atoms with Gasteiger partial charge in [-0.05, 0) is 30.3 Å². The zero-order valence-electron chi connectivity index (χ0n) is 10.9. The van der Waals surface area contributed by atoms with E-state index in [4.69, 9.17) is 0 Å². The molecule has 1 aromatic heterocycles. The van der Waals surface area contributed by atoms with Crippen molar-refractivity contribution in [3.05, 3.63) is 71.7 Å². The maximum absolute atomic E-state index is 13.5. The summed E-state index contributed by atoms with van der Waals surface area (Å²) < 4.78 is 39.5. The molecule has 0 radical (unpaired) electrons. The van der Waals surface area contributed by atoms with Gasteiger partial charge in [-0.15, -0.1) is 0 Å². The Morgan fingerprint density at radius 1 is 0.905 bits per heavy atom. The first kappa shape index (κ1) is 13.4. The summed E-state index contributed by atoms with van der Waals surface area (Å²) in [6.07, 6.45) is 1.70. The van der Waals surface area contributed by atoms with Gasteiger partial charge in [-0.2, -0.15) is 0 Å². The van der Waals surface area contributed by atoms with Gasteiger partial charge in [-0.3, -0.25) is 4.98 Å². The summed E-state index contributed by atoms with van der Waals surface area (Å²) in [5.41, 5.74) is 1.67. The topological polar surface area (TPSA) is 24.9 Å². The number of rotatable bonds is 3. The Hall–Kier alpha value is -2.56. The molecular weight excluding hydrogens is 277 g/mol. The maximum Gasteiger partial charge on any atom is 0.161 e. The minimum Gasteiger partial charge on any atom is -0.381 e. The highest BCUT2D eigenvalue weighted by Gasteiger charge is 2.09. The summed E-state index contributed by atoms with van der Waals surface area (Å²) in [5, 5.41) is 3.92. The molecule has 0 atom stereocenters. The molecular formula is C16H11F3N2. The highest BCUT2D eigenvalue weighted by atomic mass is 19.2. The number of anilines is 1. The molecule has 0 aliphatic heterocycles. The lowest BCUT2D eigenvalue weighted by atomic mass is 10.1. The van der Waals surface area contributed by atoms with E-state index in [2.05, 4.69) is 10.3 Å². The second kappa shape index (κ2) is 5.44. The molecule has 3 aromatic rings. The second-order valence-electron chi connectivity index (χ2n) is 4.62. The number of halogens is 3. The predicted molar refractivity (Wildman–Crippen MR) is 75.4 cm³/mol. The van der Waals surface area contributed by atoms with Crippen LogP contribution in [0.3, 0.4) is 0 Å². The highest BCUT2D eigenvalue weighted by molar-refractivity contribution is 5.82. The number of pyridine rings is 1. The number of benzene rings is 2. The fraction of sp³-hybridized carbons (Fsp3) is 0.0625. The zero-order valence-corrected chi connectivity index (χ0v) is 10.9. The number of nitrogens with zero attached hydrogens (tertiary/aromatic N) is 1. The largest absolute Gasteiger partial charge is 0.381 e. The van der Waals surface area contributed by atoms with Crippen LogP contribution in [-0.4, -0.2) is 4.98 Å². The van der Waals surface area contributed by atoms with E-state index in [0.717, 1.165) is 22.7 Å². The molecule has 1 heterocycles. The van der Waals surface area contributed by atoms with Crippen LogP contribution < -0.4 is 5.32 Å². The average Bonchev–Trinajstić information content (AvgIpc) is 2.49. The predicted octanol–water partition coefficient (Wildman–Crippen LogP) is 4.26. The fourth-order valence-corrected chi connectivity index (χ4v) is 2.08. The van der Waals surface area contributed by atoms with Crippen molar-refractivity contribution in [2.24, 2.45) is 0 Å². The SMILES string of the molecule is Fc1cc(F)c(CNc2ccc3ncccc3c2)cc1F. The van der Waals surface area contributed by atoms with Gasteiger partial charge in [-0.1, -0.05) is 6.07 Å². The number of fused-ring (bicyclic) bond motifs is 1. The van der Waals surface area contributed by atoms with E-state index in [9.17, 15) is 13.2 Å². The molecule has 2 nitrogen and oxygen atoms in total. The average molecular weight is 288 g/mol. The highest BCUT2D eigenvalue weighted by Crippen LogP contribution is 2.19. The smallest absolute Gasteiger partial charge is 0.161 e. The Morgan fingerprint density at radius 2 is 1.71 bits per heavy atom. The molecule has 0 spiro atoms. The summed E-state index contributed by atoms with van der Waals surface area (Å²) in [6, 6.07) is 10.6. The van der Waals surface area contributed by atoms with Gasteiger partial charge in [0.25, 0.3) is 0 Å². The lowest BCUT2D eigenvalue weighted by Crippen LogP contribution is -2.03. The Bertz CT molecular complexity index is 803. The third-order valence-corrected chi connectivity index (χ3v) is 3.18. The first-order valence-electron chi connectivity index (χ1n) is 6.35. The lowest BCUT2D eigenvalue weighted by molar-refractivity contribution is 0.490. The van der Waals surface area contributed by atoms with Gasteiger partial charge in [0.15, 0.2) is 11.6 Å². The molecule has 0 saturated heterocycles. The Balaban J connectivity index is 1.81. The standard InChI is InChI=1S/C16H11F3N2/c17-13-8-15(19)14(18)7-11(13)9-21-12-3-4-16-10(6-12)2-1-5-20-16/h1-8,21H,9H2. The van der Waals surface area contributed by atoms with Crippen LogP contribution in [0, 0.1) is 17.5 Å². The van der Waals surface area contributed by atoms with E-state index < -0.39 is 17.5 Å². The molecule has 0 aliphatic carbocycles. The van der Waals surface area contributed by atoms with Crippen LogP contribution in [0.15, 0.2) is 48.7 Å².